The molecular weight excluding hydrogens is 398 g/mol. The number of ether oxygens (including phenoxy) is 2. The topological polar surface area (TPSA) is 65.0 Å². The molecule has 1 aliphatic rings. The van der Waals surface area contributed by atoms with Crippen LogP contribution < -0.4 is 4.74 Å². The average molecular weight is 414 g/mol. The fourth-order valence-corrected chi connectivity index (χ4v) is 2.79. The molecule has 3 rings (SSSR count). The van der Waals surface area contributed by atoms with Gasteiger partial charge in [-0.2, -0.15) is 0 Å². The second-order valence-corrected chi connectivity index (χ2v) is 6.46. The molecule has 0 saturated carbocycles. The lowest BCUT2D eigenvalue weighted by Crippen LogP contribution is -2.06. The fourth-order valence-electron chi connectivity index (χ4n) is 2.34. The SMILES string of the molecule is CCCC(=O)Oc1ccc(/C=C2\N=C(c3ccccc3Br)OC2=O)cc1. The summed E-state index contributed by atoms with van der Waals surface area (Å²) in [4.78, 5) is 27.8. The molecule has 0 atom stereocenters. The van der Waals surface area contributed by atoms with E-state index >= 15 is 0 Å². The second kappa shape index (κ2) is 8.10. The van der Waals surface area contributed by atoms with Gasteiger partial charge in [-0.15, -0.1) is 0 Å². The molecule has 1 aliphatic heterocycles. The zero-order chi connectivity index (χ0) is 18.5. The Bertz CT molecular complexity index is 900. The first kappa shape index (κ1) is 18.1. The molecule has 0 unspecified atom stereocenters. The number of rotatable bonds is 5. The molecule has 0 aromatic heterocycles. The molecular formula is C20H16BrNO4. The van der Waals surface area contributed by atoms with Crippen molar-refractivity contribution in [2.75, 3.05) is 0 Å². The van der Waals surface area contributed by atoms with Crippen LogP contribution in [-0.4, -0.2) is 17.8 Å². The van der Waals surface area contributed by atoms with Gasteiger partial charge in [-0.25, -0.2) is 9.79 Å². The second-order valence-electron chi connectivity index (χ2n) is 5.61. The zero-order valence-corrected chi connectivity index (χ0v) is 15.7. The molecule has 5 nitrogen and oxygen atoms in total. The number of halogens is 1. The van der Waals surface area contributed by atoms with E-state index in [1.165, 1.54) is 0 Å². The third-order valence-corrected chi connectivity index (χ3v) is 4.29. The first-order valence-electron chi connectivity index (χ1n) is 8.15. The minimum Gasteiger partial charge on any atom is -0.427 e. The van der Waals surface area contributed by atoms with E-state index in [4.69, 9.17) is 9.47 Å². The predicted octanol–water partition coefficient (Wildman–Crippen LogP) is 4.50. The maximum absolute atomic E-state index is 12.1. The van der Waals surface area contributed by atoms with Gasteiger partial charge in [0, 0.05) is 10.9 Å². The molecule has 1 heterocycles. The van der Waals surface area contributed by atoms with Crippen LogP contribution in [0.3, 0.4) is 0 Å². The summed E-state index contributed by atoms with van der Waals surface area (Å²) >= 11 is 3.42. The van der Waals surface area contributed by atoms with E-state index < -0.39 is 5.97 Å². The Balaban J connectivity index is 1.78. The van der Waals surface area contributed by atoms with Crippen molar-refractivity contribution in [1.29, 1.82) is 0 Å². The Kier molecular flexibility index (Phi) is 5.63. The highest BCUT2D eigenvalue weighted by Crippen LogP contribution is 2.24. The summed E-state index contributed by atoms with van der Waals surface area (Å²) < 4.78 is 11.3. The van der Waals surface area contributed by atoms with Crippen molar-refractivity contribution >= 4 is 39.8 Å². The highest BCUT2D eigenvalue weighted by molar-refractivity contribution is 9.10. The lowest BCUT2D eigenvalue weighted by molar-refractivity contribution is -0.134. The van der Waals surface area contributed by atoms with Crippen LogP contribution in [0.25, 0.3) is 6.08 Å². The van der Waals surface area contributed by atoms with Crippen LogP contribution in [0.5, 0.6) is 5.75 Å². The summed E-state index contributed by atoms with van der Waals surface area (Å²) in [6.45, 7) is 1.92. The van der Waals surface area contributed by atoms with Crippen molar-refractivity contribution in [1.82, 2.24) is 0 Å². The minimum atomic E-state index is -0.505. The third kappa shape index (κ3) is 4.26. The van der Waals surface area contributed by atoms with E-state index in [1.807, 2.05) is 31.2 Å². The van der Waals surface area contributed by atoms with Gasteiger partial charge in [0.25, 0.3) is 0 Å². The summed E-state index contributed by atoms with van der Waals surface area (Å²) in [5, 5.41) is 0. The van der Waals surface area contributed by atoms with E-state index in [1.54, 1.807) is 30.3 Å². The minimum absolute atomic E-state index is 0.214. The van der Waals surface area contributed by atoms with Crippen molar-refractivity contribution in [3.63, 3.8) is 0 Å². The standard InChI is InChI=1S/C20H16BrNO4/c1-2-5-18(23)25-14-10-8-13(9-11-14)12-17-20(24)26-19(22-17)15-6-3-4-7-16(15)21/h3-4,6-12H,2,5H2,1H3/b17-12-. The molecule has 0 radical (unpaired) electrons. The van der Waals surface area contributed by atoms with Gasteiger partial charge in [-0.3, -0.25) is 4.79 Å². The van der Waals surface area contributed by atoms with Crippen LogP contribution in [0, 0.1) is 0 Å². The Morgan fingerprint density at radius 1 is 1.19 bits per heavy atom. The monoisotopic (exact) mass is 413 g/mol. The Morgan fingerprint density at radius 3 is 2.62 bits per heavy atom. The smallest absolute Gasteiger partial charge is 0.363 e. The molecule has 0 bridgehead atoms. The zero-order valence-electron chi connectivity index (χ0n) is 14.1. The molecule has 0 spiro atoms. The molecule has 0 saturated heterocycles. The van der Waals surface area contributed by atoms with Crippen molar-refractivity contribution in [2.45, 2.75) is 19.8 Å². The number of carbonyl (C=O) groups is 2. The van der Waals surface area contributed by atoms with Gasteiger partial charge in [0.05, 0.1) is 5.56 Å². The van der Waals surface area contributed by atoms with Crippen LogP contribution in [0.1, 0.15) is 30.9 Å². The fraction of sp³-hybridized carbons (Fsp3) is 0.150. The van der Waals surface area contributed by atoms with Gasteiger partial charge < -0.3 is 9.47 Å². The Labute approximate surface area is 159 Å². The molecule has 0 aliphatic carbocycles. The highest BCUT2D eigenvalue weighted by Gasteiger charge is 2.25. The summed E-state index contributed by atoms with van der Waals surface area (Å²) in [7, 11) is 0. The quantitative estimate of drug-likeness (QED) is 0.411. The van der Waals surface area contributed by atoms with Crippen molar-refractivity contribution in [3.05, 3.63) is 69.8 Å². The molecule has 26 heavy (non-hydrogen) atoms. The number of aliphatic imine (C=N–C) groups is 1. The third-order valence-electron chi connectivity index (χ3n) is 3.59. The van der Waals surface area contributed by atoms with E-state index in [-0.39, 0.29) is 17.6 Å². The lowest BCUT2D eigenvalue weighted by Gasteiger charge is -2.03. The molecule has 2 aromatic carbocycles. The Morgan fingerprint density at radius 2 is 1.92 bits per heavy atom. The number of hydrogen-bond acceptors (Lipinski definition) is 5. The maximum atomic E-state index is 12.1. The van der Waals surface area contributed by atoms with Gasteiger partial charge in [-0.05, 0) is 58.3 Å². The first-order chi connectivity index (χ1) is 12.6. The summed E-state index contributed by atoms with van der Waals surface area (Å²) in [6.07, 6.45) is 2.75. The van der Waals surface area contributed by atoms with Gasteiger partial charge in [-0.1, -0.05) is 31.2 Å². The van der Waals surface area contributed by atoms with E-state index in [0.717, 1.165) is 16.5 Å². The molecule has 6 heteroatoms. The lowest BCUT2D eigenvalue weighted by atomic mass is 10.2. The number of nitrogens with zero attached hydrogens (tertiary/aromatic N) is 1. The van der Waals surface area contributed by atoms with Gasteiger partial charge in [0.15, 0.2) is 5.70 Å². The normalized spacial score (nSPS) is 14.9. The summed E-state index contributed by atoms with van der Waals surface area (Å²) in [5.41, 5.74) is 1.68. The summed E-state index contributed by atoms with van der Waals surface area (Å²) in [5.74, 6) is -0.0364. The van der Waals surface area contributed by atoms with Crippen LogP contribution >= 0.6 is 15.9 Å². The van der Waals surface area contributed by atoms with Crippen LogP contribution in [0.4, 0.5) is 0 Å². The molecule has 0 fully saturated rings. The number of esters is 2. The number of hydrogen-bond donors (Lipinski definition) is 0. The van der Waals surface area contributed by atoms with Crippen molar-refractivity contribution in [3.8, 4) is 5.75 Å². The largest absolute Gasteiger partial charge is 0.427 e. The van der Waals surface area contributed by atoms with E-state index in [9.17, 15) is 9.59 Å². The van der Waals surface area contributed by atoms with Crippen molar-refractivity contribution in [2.24, 2.45) is 4.99 Å². The molecule has 2 aromatic rings. The highest BCUT2D eigenvalue weighted by atomic mass is 79.9. The average Bonchev–Trinajstić information content (AvgIpc) is 2.98. The molecule has 0 N–H and O–H groups in total. The van der Waals surface area contributed by atoms with Gasteiger partial charge in [0.1, 0.15) is 5.75 Å². The number of carbonyl (C=O) groups excluding carboxylic acids is 2. The van der Waals surface area contributed by atoms with Crippen LogP contribution in [0.15, 0.2) is 63.7 Å². The van der Waals surface area contributed by atoms with E-state index in [2.05, 4.69) is 20.9 Å². The maximum Gasteiger partial charge on any atom is 0.363 e. The number of cyclic esters (lactones) is 1. The molecule has 132 valence electrons. The number of benzene rings is 2. The summed E-state index contributed by atoms with van der Waals surface area (Å²) in [6, 6.07) is 14.2. The van der Waals surface area contributed by atoms with Crippen LogP contribution in [0.2, 0.25) is 0 Å². The van der Waals surface area contributed by atoms with Crippen molar-refractivity contribution < 1.29 is 19.1 Å². The predicted molar refractivity (Wildman–Crippen MR) is 102 cm³/mol. The van der Waals surface area contributed by atoms with E-state index in [0.29, 0.717) is 17.7 Å². The van der Waals surface area contributed by atoms with Crippen LogP contribution in [-0.2, 0) is 14.3 Å². The van der Waals surface area contributed by atoms with Gasteiger partial charge >= 0.3 is 11.9 Å². The Hall–Kier alpha value is -2.73. The first-order valence-corrected chi connectivity index (χ1v) is 8.94. The molecule has 0 amide bonds. The van der Waals surface area contributed by atoms with Gasteiger partial charge in [0.2, 0.25) is 5.90 Å².